The van der Waals surface area contributed by atoms with E-state index in [9.17, 15) is 19.1 Å². The minimum atomic E-state index is -1.28. The fraction of sp³-hybridized carbons (Fsp3) is 0.350. The van der Waals surface area contributed by atoms with Gasteiger partial charge in [0.15, 0.2) is 0 Å². The van der Waals surface area contributed by atoms with Crippen molar-refractivity contribution < 1.29 is 23.8 Å². The lowest BCUT2D eigenvalue weighted by atomic mass is 10.0. The smallest absolute Gasteiger partial charge is 0.269 e. The van der Waals surface area contributed by atoms with Crippen molar-refractivity contribution in [3.8, 4) is 0 Å². The number of hydrogen-bond donors (Lipinski definition) is 3. The number of carbonyl (C=O) groups is 2. The summed E-state index contributed by atoms with van der Waals surface area (Å²) >= 11 is 0. The summed E-state index contributed by atoms with van der Waals surface area (Å²) in [4.78, 5) is 28.9. The monoisotopic (exact) mass is 385 g/mol. The molecule has 2 aliphatic rings. The Balaban J connectivity index is 1.63. The van der Waals surface area contributed by atoms with Crippen LogP contribution in [-0.2, 0) is 4.74 Å². The van der Waals surface area contributed by atoms with Crippen molar-refractivity contribution in [2.45, 2.75) is 12.1 Å². The van der Waals surface area contributed by atoms with Crippen molar-refractivity contribution in [3.05, 3.63) is 64.7 Å². The first-order valence-electron chi connectivity index (χ1n) is 9.04. The van der Waals surface area contributed by atoms with Gasteiger partial charge in [-0.2, -0.15) is 0 Å². The molecular formula is C20H20FN3O4. The van der Waals surface area contributed by atoms with Crippen molar-refractivity contribution in [2.75, 3.05) is 20.3 Å². The lowest BCUT2D eigenvalue weighted by Gasteiger charge is -2.14. The number of fused-ring (bicyclic) bond motifs is 1. The lowest BCUT2D eigenvalue weighted by molar-refractivity contribution is 0.0928. The van der Waals surface area contributed by atoms with E-state index in [1.807, 2.05) is 0 Å². The number of aromatic nitrogens is 1. The molecule has 2 amide bonds. The second-order valence-corrected chi connectivity index (χ2v) is 7.07. The largest absolute Gasteiger partial charge is 0.382 e. The number of amides is 2. The predicted octanol–water partition coefficient (Wildman–Crippen LogP) is 1.04. The standard InChI is InChI=1S/C20H20FN3O4/c1-22-20(27)16-7-11(19(26)24-17-13-8-28-9-14(13)17)6-15(23-16)18(25)10-3-2-4-12(21)5-10/h2-7,13-14,17-18,25H,8-9H2,1H3,(H,22,27)(H,24,26)/t13-,14+,17?,18-/m1/s1. The highest BCUT2D eigenvalue weighted by atomic mass is 19.1. The molecule has 1 unspecified atom stereocenters. The molecule has 28 heavy (non-hydrogen) atoms. The van der Waals surface area contributed by atoms with E-state index >= 15 is 0 Å². The Morgan fingerprint density at radius 2 is 1.96 bits per heavy atom. The highest BCUT2D eigenvalue weighted by molar-refractivity contribution is 5.99. The number of hydrogen-bond acceptors (Lipinski definition) is 5. The van der Waals surface area contributed by atoms with Crippen molar-refractivity contribution in [1.82, 2.24) is 15.6 Å². The van der Waals surface area contributed by atoms with Gasteiger partial charge in [0.25, 0.3) is 11.8 Å². The van der Waals surface area contributed by atoms with E-state index in [1.165, 1.54) is 37.4 Å². The molecule has 2 fully saturated rings. The molecule has 0 bridgehead atoms. The number of aliphatic hydroxyl groups is 1. The molecule has 0 radical (unpaired) electrons. The molecule has 1 aromatic carbocycles. The highest BCUT2D eigenvalue weighted by Gasteiger charge is 2.54. The van der Waals surface area contributed by atoms with Crippen LogP contribution in [0.5, 0.6) is 0 Å². The molecule has 1 aliphatic heterocycles. The average molecular weight is 385 g/mol. The summed E-state index contributed by atoms with van der Waals surface area (Å²) in [6, 6.07) is 8.33. The topological polar surface area (TPSA) is 101 Å². The van der Waals surface area contributed by atoms with Crippen LogP contribution in [-0.4, -0.2) is 48.2 Å². The number of nitrogens with one attached hydrogen (secondary N) is 2. The average Bonchev–Trinajstić information content (AvgIpc) is 3.12. The summed E-state index contributed by atoms with van der Waals surface area (Å²) in [6.07, 6.45) is -1.28. The van der Waals surface area contributed by atoms with Crippen LogP contribution in [0.25, 0.3) is 0 Å². The van der Waals surface area contributed by atoms with Crippen LogP contribution >= 0.6 is 0 Å². The summed E-state index contributed by atoms with van der Waals surface area (Å²) in [5.74, 6) is -0.666. The van der Waals surface area contributed by atoms with E-state index < -0.39 is 17.8 Å². The van der Waals surface area contributed by atoms with E-state index in [1.54, 1.807) is 6.07 Å². The van der Waals surface area contributed by atoms with Crippen LogP contribution in [0.1, 0.15) is 38.2 Å². The van der Waals surface area contributed by atoms with Gasteiger partial charge in [-0.3, -0.25) is 9.59 Å². The molecule has 4 atom stereocenters. The number of nitrogens with zero attached hydrogens (tertiary/aromatic N) is 1. The minimum Gasteiger partial charge on any atom is -0.382 e. The van der Waals surface area contributed by atoms with E-state index in [-0.39, 0.29) is 34.5 Å². The van der Waals surface area contributed by atoms with Gasteiger partial charge < -0.3 is 20.5 Å². The second kappa shape index (κ2) is 7.29. The molecular weight excluding hydrogens is 365 g/mol. The molecule has 146 valence electrons. The number of halogens is 1. The molecule has 1 aromatic heterocycles. The number of ether oxygens (including phenoxy) is 1. The van der Waals surface area contributed by atoms with Gasteiger partial charge in [-0.25, -0.2) is 9.37 Å². The van der Waals surface area contributed by atoms with Crippen LogP contribution in [0.15, 0.2) is 36.4 Å². The van der Waals surface area contributed by atoms with Gasteiger partial charge in [-0.05, 0) is 29.8 Å². The van der Waals surface area contributed by atoms with E-state index in [0.717, 1.165) is 0 Å². The number of pyridine rings is 1. The number of rotatable bonds is 5. The molecule has 2 heterocycles. The molecule has 4 rings (SSSR count). The van der Waals surface area contributed by atoms with Crippen molar-refractivity contribution in [3.63, 3.8) is 0 Å². The summed E-state index contributed by atoms with van der Waals surface area (Å²) in [6.45, 7) is 1.28. The molecule has 2 aromatic rings. The van der Waals surface area contributed by atoms with Crippen LogP contribution in [0.2, 0.25) is 0 Å². The summed E-state index contributed by atoms with van der Waals surface area (Å²) in [7, 11) is 1.45. The van der Waals surface area contributed by atoms with Crippen LogP contribution < -0.4 is 10.6 Å². The van der Waals surface area contributed by atoms with E-state index in [2.05, 4.69) is 15.6 Å². The SMILES string of the molecule is CNC(=O)c1cc(C(=O)NC2[C@H]3COC[C@@H]23)cc([C@H](O)c2cccc(F)c2)n1. The van der Waals surface area contributed by atoms with Gasteiger partial charge in [-0.15, -0.1) is 0 Å². The third-order valence-corrected chi connectivity index (χ3v) is 5.26. The zero-order chi connectivity index (χ0) is 19.8. The Hall–Kier alpha value is -2.84. The van der Waals surface area contributed by atoms with Gasteiger partial charge in [0.05, 0.1) is 18.9 Å². The van der Waals surface area contributed by atoms with Gasteiger partial charge >= 0.3 is 0 Å². The molecule has 1 aliphatic carbocycles. The van der Waals surface area contributed by atoms with Crippen molar-refractivity contribution in [2.24, 2.45) is 11.8 Å². The highest BCUT2D eigenvalue weighted by Crippen LogP contribution is 2.44. The molecule has 7 nitrogen and oxygen atoms in total. The molecule has 1 saturated heterocycles. The van der Waals surface area contributed by atoms with E-state index in [4.69, 9.17) is 4.74 Å². The first-order chi connectivity index (χ1) is 13.5. The van der Waals surface area contributed by atoms with Gasteiger partial charge in [-0.1, -0.05) is 12.1 Å². The molecule has 8 heteroatoms. The molecule has 1 saturated carbocycles. The summed E-state index contributed by atoms with van der Waals surface area (Å²) in [5.41, 5.74) is 0.586. The van der Waals surface area contributed by atoms with Crippen LogP contribution in [0.4, 0.5) is 4.39 Å². The lowest BCUT2D eigenvalue weighted by Crippen LogP contribution is -2.31. The first kappa shape index (κ1) is 18.5. The van der Waals surface area contributed by atoms with Crippen molar-refractivity contribution in [1.29, 1.82) is 0 Å². The molecule has 3 N–H and O–H groups in total. The Morgan fingerprint density at radius 1 is 1.21 bits per heavy atom. The van der Waals surface area contributed by atoms with E-state index in [0.29, 0.717) is 25.0 Å². The van der Waals surface area contributed by atoms with Gasteiger partial charge in [0.1, 0.15) is 17.6 Å². The Morgan fingerprint density at radius 3 is 2.64 bits per heavy atom. The summed E-state index contributed by atoms with van der Waals surface area (Å²) in [5, 5.41) is 16.0. The van der Waals surface area contributed by atoms with Crippen molar-refractivity contribution >= 4 is 11.8 Å². The second-order valence-electron chi connectivity index (χ2n) is 7.07. The van der Waals surface area contributed by atoms with Crippen LogP contribution in [0.3, 0.4) is 0 Å². The molecule has 0 spiro atoms. The quantitative estimate of drug-likeness (QED) is 0.714. The third kappa shape index (κ3) is 3.48. The fourth-order valence-electron chi connectivity index (χ4n) is 3.60. The Kier molecular flexibility index (Phi) is 4.82. The van der Waals surface area contributed by atoms with Crippen LogP contribution in [0, 0.1) is 17.7 Å². The van der Waals surface area contributed by atoms with Gasteiger partial charge in [0, 0.05) is 30.5 Å². The maximum atomic E-state index is 13.5. The number of benzene rings is 1. The minimum absolute atomic E-state index is 0.0000671. The zero-order valence-electron chi connectivity index (χ0n) is 15.2. The number of aliphatic hydroxyl groups excluding tert-OH is 1. The Labute approximate surface area is 160 Å². The maximum Gasteiger partial charge on any atom is 0.269 e. The normalized spacial score (nSPS) is 23.6. The van der Waals surface area contributed by atoms with Gasteiger partial charge in [0.2, 0.25) is 0 Å². The Bertz CT molecular complexity index is 925. The third-order valence-electron chi connectivity index (χ3n) is 5.26. The number of carbonyl (C=O) groups excluding carboxylic acids is 2. The fourth-order valence-corrected chi connectivity index (χ4v) is 3.60. The maximum absolute atomic E-state index is 13.5. The zero-order valence-corrected chi connectivity index (χ0v) is 15.2. The summed E-state index contributed by atoms with van der Waals surface area (Å²) < 4.78 is 18.8. The predicted molar refractivity (Wildman–Crippen MR) is 97.1 cm³/mol. The first-order valence-corrected chi connectivity index (χ1v) is 9.04.